The van der Waals surface area contributed by atoms with E-state index in [1.165, 1.54) is 25.7 Å². The largest absolute Gasteiger partial charge is 0.326 e. The Balaban J connectivity index is 1.43. The summed E-state index contributed by atoms with van der Waals surface area (Å²) in [5.74, 6) is 0.102. The smallest absolute Gasteiger partial charge is 0.225 e. The Kier molecular flexibility index (Phi) is 4.56. The molecular formula is C17H25N3O. The molecule has 1 amide bonds. The third-order valence-corrected chi connectivity index (χ3v) is 4.82. The van der Waals surface area contributed by atoms with Crippen LogP contribution in [0.3, 0.4) is 0 Å². The predicted molar refractivity (Wildman–Crippen MR) is 85.3 cm³/mol. The van der Waals surface area contributed by atoms with E-state index in [1.807, 2.05) is 30.3 Å². The molecule has 1 aromatic rings. The van der Waals surface area contributed by atoms with Crippen LogP contribution in [0.4, 0.5) is 5.69 Å². The minimum atomic E-state index is 0.102. The van der Waals surface area contributed by atoms with Crippen molar-refractivity contribution in [3.63, 3.8) is 0 Å². The Bertz CT molecular complexity index is 464. The molecule has 3 rings (SSSR count). The molecule has 2 bridgehead atoms. The van der Waals surface area contributed by atoms with Crippen LogP contribution in [-0.2, 0) is 4.79 Å². The Morgan fingerprint density at radius 3 is 2.57 bits per heavy atom. The van der Waals surface area contributed by atoms with Crippen LogP contribution in [0.25, 0.3) is 0 Å². The molecular weight excluding hydrogens is 262 g/mol. The number of anilines is 1. The number of piperidine rings is 1. The second-order valence-corrected chi connectivity index (χ2v) is 6.41. The molecule has 2 aliphatic heterocycles. The lowest BCUT2D eigenvalue weighted by atomic mass is 9.98. The van der Waals surface area contributed by atoms with Crippen molar-refractivity contribution in [3.05, 3.63) is 30.3 Å². The van der Waals surface area contributed by atoms with E-state index in [-0.39, 0.29) is 5.91 Å². The van der Waals surface area contributed by atoms with E-state index in [4.69, 9.17) is 0 Å². The van der Waals surface area contributed by atoms with Crippen molar-refractivity contribution in [2.45, 2.75) is 50.2 Å². The van der Waals surface area contributed by atoms with Crippen molar-refractivity contribution in [2.75, 3.05) is 18.9 Å². The van der Waals surface area contributed by atoms with E-state index in [0.29, 0.717) is 24.5 Å². The molecule has 2 saturated heterocycles. The fraction of sp³-hybridized carbons (Fsp3) is 0.588. The summed E-state index contributed by atoms with van der Waals surface area (Å²) in [6, 6.07) is 11.7. The Morgan fingerprint density at radius 1 is 1.24 bits per heavy atom. The van der Waals surface area contributed by atoms with Crippen LogP contribution in [0.15, 0.2) is 30.3 Å². The van der Waals surface area contributed by atoms with Gasteiger partial charge >= 0.3 is 0 Å². The molecule has 1 aromatic carbocycles. The average Bonchev–Trinajstić information content (AvgIpc) is 2.84. The third-order valence-electron chi connectivity index (χ3n) is 4.82. The van der Waals surface area contributed by atoms with Gasteiger partial charge in [-0.2, -0.15) is 0 Å². The maximum Gasteiger partial charge on any atom is 0.225 e. The second kappa shape index (κ2) is 6.58. The standard InChI is InChI=1S/C17H25N3O/c1-20(16-11-14-7-8-15(12-16)18-14)10-9-17(21)19-13-5-3-2-4-6-13/h2-6,14-16,18H,7-12H2,1H3,(H,19,21). The molecule has 0 saturated carbocycles. The fourth-order valence-corrected chi connectivity index (χ4v) is 3.59. The number of amides is 1. The number of rotatable bonds is 5. The molecule has 2 N–H and O–H groups in total. The van der Waals surface area contributed by atoms with Gasteiger partial charge < -0.3 is 15.5 Å². The number of nitrogens with zero attached hydrogens (tertiary/aromatic N) is 1. The number of benzene rings is 1. The number of fused-ring (bicyclic) bond motifs is 2. The summed E-state index contributed by atoms with van der Waals surface area (Å²) in [7, 11) is 2.16. The number of carbonyl (C=O) groups is 1. The van der Waals surface area contributed by atoms with Gasteiger partial charge in [-0.05, 0) is 44.9 Å². The van der Waals surface area contributed by atoms with E-state index in [1.54, 1.807) is 0 Å². The summed E-state index contributed by atoms with van der Waals surface area (Å²) in [6.07, 6.45) is 5.66. The Hall–Kier alpha value is -1.39. The van der Waals surface area contributed by atoms with Crippen LogP contribution in [-0.4, -0.2) is 42.5 Å². The number of para-hydroxylation sites is 1. The first-order valence-corrected chi connectivity index (χ1v) is 8.02. The molecule has 2 unspecified atom stereocenters. The first-order valence-electron chi connectivity index (χ1n) is 8.02. The summed E-state index contributed by atoms with van der Waals surface area (Å²) in [5.41, 5.74) is 0.880. The number of nitrogens with one attached hydrogen (secondary N) is 2. The maximum atomic E-state index is 12.0. The lowest BCUT2D eigenvalue weighted by Crippen LogP contribution is -2.47. The lowest BCUT2D eigenvalue weighted by molar-refractivity contribution is -0.116. The highest BCUT2D eigenvalue weighted by molar-refractivity contribution is 5.90. The van der Waals surface area contributed by atoms with E-state index in [0.717, 1.165) is 12.2 Å². The summed E-state index contributed by atoms with van der Waals surface area (Å²) >= 11 is 0. The van der Waals surface area contributed by atoms with Gasteiger partial charge in [0, 0.05) is 36.8 Å². The van der Waals surface area contributed by atoms with Crippen molar-refractivity contribution >= 4 is 11.6 Å². The SMILES string of the molecule is CN(CCC(=O)Nc1ccccc1)C1CC2CCC(C1)N2. The molecule has 2 aliphatic rings. The van der Waals surface area contributed by atoms with Gasteiger partial charge in [-0.25, -0.2) is 0 Å². The van der Waals surface area contributed by atoms with Crippen LogP contribution in [0.5, 0.6) is 0 Å². The van der Waals surface area contributed by atoms with Crippen molar-refractivity contribution in [2.24, 2.45) is 0 Å². The monoisotopic (exact) mass is 287 g/mol. The molecule has 114 valence electrons. The normalized spacial score (nSPS) is 27.8. The van der Waals surface area contributed by atoms with Crippen LogP contribution < -0.4 is 10.6 Å². The molecule has 2 heterocycles. The highest BCUT2D eigenvalue weighted by atomic mass is 16.1. The second-order valence-electron chi connectivity index (χ2n) is 6.41. The molecule has 0 radical (unpaired) electrons. The molecule has 2 fully saturated rings. The van der Waals surface area contributed by atoms with Gasteiger partial charge in [0.15, 0.2) is 0 Å². The average molecular weight is 287 g/mol. The summed E-state index contributed by atoms with van der Waals surface area (Å²) < 4.78 is 0. The summed E-state index contributed by atoms with van der Waals surface area (Å²) in [6.45, 7) is 0.836. The minimum Gasteiger partial charge on any atom is -0.326 e. The number of hydrogen-bond acceptors (Lipinski definition) is 3. The van der Waals surface area contributed by atoms with Gasteiger partial charge in [-0.15, -0.1) is 0 Å². The minimum absolute atomic E-state index is 0.102. The van der Waals surface area contributed by atoms with Gasteiger partial charge in [-0.1, -0.05) is 18.2 Å². The van der Waals surface area contributed by atoms with Crippen LogP contribution in [0.1, 0.15) is 32.1 Å². The highest BCUT2D eigenvalue weighted by Crippen LogP contribution is 2.29. The fourth-order valence-electron chi connectivity index (χ4n) is 3.59. The van der Waals surface area contributed by atoms with Crippen molar-refractivity contribution in [1.29, 1.82) is 0 Å². The molecule has 4 heteroatoms. The highest BCUT2D eigenvalue weighted by Gasteiger charge is 2.34. The molecule has 0 spiro atoms. The van der Waals surface area contributed by atoms with Crippen LogP contribution in [0, 0.1) is 0 Å². The Morgan fingerprint density at radius 2 is 1.90 bits per heavy atom. The molecule has 4 nitrogen and oxygen atoms in total. The zero-order valence-electron chi connectivity index (χ0n) is 12.7. The topological polar surface area (TPSA) is 44.4 Å². The van der Waals surface area contributed by atoms with Crippen molar-refractivity contribution in [1.82, 2.24) is 10.2 Å². The van der Waals surface area contributed by atoms with Gasteiger partial charge in [0.2, 0.25) is 5.91 Å². The number of carbonyl (C=O) groups excluding carboxylic acids is 1. The third kappa shape index (κ3) is 3.83. The van der Waals surface area contributed by atoms with E-state index < -0.39 is 0 Å². The predicted octanol–water partition coefficient (Wildman–Crippen LogP) is 2.23. The first-order chi connectivity index (χ1) is 10.2. The van der Waals surface area contributed by atoms with Gasteiger partial charge in [-0.3, -0.25) is 4.79 Å². The lowest BCUT2D eigenvalue weighted by Gasteiger charge is -2.35. The van der Waals surface area contributed by atoms with E-state index in [9.17, 15) is 4.79 Å². The van der Waals surface area contributed by atoms with E-state index in [2.05, 4.69) is 22.6 Å². The zero-order valence-corrected chi connectivity index (χ0v) is 12.7. The van der Waals surface area contributed by atoms with Crippen LogP contribution in [0.2, 0.25) is 0 Å². The number of hydrogen-bond donors (Lipinski definition) is 2. The first kappa shape index (κ1) is 14.5. The van der Waals surface area contributed by atoms with Crippen molar-refractivity contribution < 1.29 is 4.79 Å². The zero-order chi connectivity index (χ0) is 14.7. The summed E-state index contributed by atoms with van der Waals surface area (Å²) in [5, 5.41) is 6.62. The molecule has 0 aliphatic carbocycles. The maximum absolute atomic E-state index is 12.0. The van der Waals surface area contributed by atoms with Gasteiger partial charge in [0.1, 0.15) is 0 Å². The van der Waals surface area contributed by atoms with E-state index >= 15 is 0 Å². The van der Waals surface area contributed by atoms with Crippen LogP contribution >= 0.6 is 0 Å². The van der Waals surface area contributed by atoms with Gasteiger partial charge in [0.25, 0.3) is 0 Å². The Labute approximate surface area is 126 Å². The molecule has 0 aromatic heterocycles. The van der Waals surface area contributed by atoms with Gasteiger partial charge in [0.05, 0.1) is 0 Å². The molecule has 21 heavy (non-hydrogen) atoms. The molecule has 2 atom stereocenters. The summed E-state index contributed by atoms with van der Waals surface area (Å²) in [4.78, 5) is 14.4. The quantitative estimate of drug-likeness (QED) is 0.873. The van der Waals surface area contributed by atoms with Crippen molar-refractivity contribution in [3.8, 4) is 0 Å².